The van der Waals surface area contributed by atoms with Crippen LogP contribution in [0.25, 0.3) is 11.0 Å². The maximum atomic E-state index is 12.2. The summed E-state index contributed by atoms with van der Waals surface area (Å²) in [5.41, 5.74) is 5.92. The number of aromatic nitrogens is 2. The molecule has 2 aliphatic rings. The van der Waals surface area contributed by atoms with Crippen LogP contribution in [0.1, 0.15) is 29.7 Å². The Morgan fingerprint density at radius 1 is 1.12 bits per heavy atom. The third-order valence-electron chi connectivity index (χ3n) is 6.69. The van der Waals surface area contributed by atoms with Crippen molar-refractivity contribution in [2.45, 2.75) is 32.4 Å². The lowest BCUT2D eigenvalue weighted by Crippen LogP contribution is -2.44. The Morgan fingerprint density at radius 2 is 1.91 bits per heavy atom. The van der Waals surface area contributed by atoms with Crippen molar-refractivity contribution in [1.29, 1.82) is 0 Å². The molecule has 1 N–H and O–H groups in total. The molecule has 3 aromatic rings. The lowest BCUT2D eigenvalue weighted by molar-refractivity contribution is 0.119. The molecule has 0 radical (unpaired) electrons. The molecule has 0 bridgehead atoms. The minimum absolute atomic E-state index is 0.255. The Bertz CT molecular complexity index is 1100. The second kappa shape index (κ2) is 8.82. The summed E-state index contributed by atoms with van der Waals surface area (Å²) in [5, 5.41) is 3.44. The van der Waals surface area contributed by atoms with E-state index in [-0.39, 0.29) is 12.1 Å². The van der Waals surface area contributed by atoms with Gasteiger partial charge < -0.3 is 24.4 Å². The third kappa shape index (κ3) is 3.81. The second-order valence-electron chi connectivity index (χ2n) is 8.77. The molecule has 5 rings (SSSR count). The van der Waals surface area contributed by atoms with Crippen molar-refractivity contribution in [2.75, 3.05) is 44.7 Å². The van der Waals surface area contributed by atoms with Gasteiger partial charge in [0, 0.05) is 44.3 Å². The molecule has 0 spiro atoms. The van der Waals surface area contributed by atoms with Gasteiger partial charge in [-0.05, 0) is 37.0 Å². The first-order chi connectivity index (χ1) is 15.7. The van der Waals surface area contributed by atoms with Crippen LogP contribution in [0.15, 0.2) is 42.5 Å². The summed E-state index contributed by atoms with van der Waals surface area (Å²) in [6.45, 7) is 7.32. The average molecular weight is 434 g/mol. The number of anilines is 1. The van der Waals surface area contributed by atoms with Gasteiger partial charge in [0.25, 0.3) is 0 Å². The first-order valence-corrected chi connectivity index (χ1v) is 11.5. The average Bonchev–Trinajstić information content (AvgIpc) is 3.25. The third-order valence-corrected chi connectivity index (χ3v) is 6.69. The molecule has 0 saturated carbocycles. The van der Waals surface area contributed by atoms with Gasteiger partial charge in [0.2, 0.25) is 5.95 Å². The number of ether oxygens (including phenoxy) is 1. The number of imidazole rings is 1. The van der Waals surface area contributed by atoms with Crippen LogP contribution in [0, 0.1) is 0 Å². The Kier molecular flexibility index (Phi) is 5.74. The van der Waals surface area contributed by atoms with Gasteiger partial charge in [-0.1, -0.05) is 36.4 Å². The van der Waals surface area contributed by atoms with E-state index in [9.17, 15) is 4.79 Å². The van der Waals surface area contributed by atoms with Crippen molar-refractivity contribution in [3.63, 3.8) is 0 Å². The van der Waals surface area contributed by atoms with E-state index < -0.39 is 0 Å². The molecule has 1 fully saturated rings. The fraction of sp³-hybridized carbons (Fsp3) is 0.440. The number of carbonyl (C=O) groups excluding carboxylic acids is 1. The fourth-order valence-corrected chi connectivity index (χ4v) is 5.04. The van der Waals surface area contributed by atoms with Crippen LogP contribution in [0.3, 0.4) is 0 Å². The van der Waals surface area contributed by atoms with E-state index in [1.54, 1.807) is 4.90 Å². The molecule has 1 aromatic heterocycles. The van der Waals surface area contributed by atoms with Crippen LogP contribution < -0.4 is 10.2 Å². The standard InChI is InChI=1S/C25H31N5O2/c1-18(16-19-6-4-3-5-7-19)30-22-9-8-20-10-13-29(25(31)32-2)17-21(20)23(22)27-24(30)28-14-11-26-12-15-28/h3-9,18,26H,10-17H2,1-2H3/t18-/m1/s1. The number of piperazine rings is 1. The number of hydrogen-bond acceptors (Lipinski definition) is 5. The molecule has 1 amide bonds. The van der Waals surface area contributed by atoms with Gasteiger partial charge in [-0.3, -0.25) is 0 Å². The van der Waals surface area contributed by atoms with Crippen LogP contribution in [0.4, 0.5) is 10.7 Å². The number of nitrogens with zero attached hydrogens (tertiary/aromatic N) is 4. The summed E-state index contributed by atoms with van der Waals surface area (Å²) < 4.78 is 7.40. The predicted molar refractivity (Wildman–Crippen MR) is 126 cm³/mol. The highest BCUT2D eigenvalue weighted by Crippen LogP contribution is 2.34. The van der Waals surface area contributed by atoms with Gasteiger partial charge >= 0.3 is 6.09 Å². The largest absolute Gasteiger partial charge is 0.453 e. The van der Waals surface area contributed by atoms with E-state index in [0.29, 0.717) is 13.1 Å². The summed E-state index contributed by atoms with van der Waals surface area (Å²) in [5.74, 6) is 1.04. The lowest BCUT2D eigenvalue weighted by Gasteiger charge is -2.30. The minimum Gasteiger partial charge on any atom is -0.453 e. The minimum atomic E-state index is -0.271. The lowest BCUT2D eigenvalue weighted by atomic mass is 9.98. The van der Waals surface area contributed by atoms with Crippen molar-refractivity contribution in [3.05, 3.63) is 59.2 Å². The number of rotatable bonds is 4. The SMILES string of the molecule is COC(=O)N1CCc2ccc3c(nc(N4CCNCC4)n3[C@H](C)Cc3ccccc3)c2C1. The zero-order valence-corrected chi connectivity index (χ0v) is 18.9. The molecule has 7 heteroatoms. The first-order valence-electron chi connectivity index (χ1n) is 11.5. The number of amides is 1. The Hall–Kier alpha value is -3.06. The van der Waals surface area contributed by atoms with Crippen molar-refractivity contribution >= 4 is 23.1 Å². The molecule has 32 heavy (non-hydrogen) atoms. The molecule has 2 aliphatic heterocycles. The summed E-state index contributed by atoms with van der Waals surface area (Å²) >= 11 is 0. The molecule has 1 atom stereocenters. The summed E-state index contributed by atoms with van der Waals surface area (Å²) in [6.07, 6.45) is 1.50. The first kappa shape index (κ1) is 20.8. The maximum absolute atomic E-state index is 12.2. The van der Waals surface area contributed by atoms with Gasteiger partial charge in [-0.2, -0.15) is 0 Å². The molecule has 0 unspecified atom stereocenters. The highest BCUT2D eigenvalue weighted by atomic mass is 16.5. The molecule has 7 nitrogen and oxygen atoms in total. The zero-order valence-electron chi connectivity index (χ0n) is 18.9. The van der Waals surface area contributed by atoms with Crippen molar-refractivity contribution in [3.8, 4) is 0 Å². The summed E-state index contributed by atoms with van der Waals surface area (Å²) in [6, 6.07) is 15.3. The van der Waals surface area contributed by atoms with Crippen molar-refractivity contribution < 1.29 is 9.53 Å². The number of methoxy groups -OCH3 is 1. The van der Waals surface area contributed by atoms with E-state index in [1.165, 1.54) is 18.2 Å². The molecule has 3 heterocycles. The number of carbonyl (C=O) groups is 1. The molecular formula is C25H31N5O2. The van der Waals surface area contributed by atoms with Gasteiger partial charge in [-0.15, -0.1) is 0 Å². The number of nitrogens with one attached hydrogen (secondary N) is 1. The van der Waals surface area contributed by atoms with E-state index in [4.69, 9.17) is 9.72 Å². The Balaban J connectivity index is 1.60. The second-order valence-corrected chi connectivity index (χ2v) is 8.77. The Labute approximate surface area is 189 Å². The summed E-state index contributed by atoms with van der Waals surface area (Å²) in [4.78, 5) is 21.6. The van der Waals surface area contributed by atoms with Crippen LogP contribution in [0.5, 0.6) is 0 Å². The van der Waals surface area contributed by atoms with E-state index >= 15 is 0 Å². The molecular weight excluding hydrogens is 402 g/mol. The van der Waals surface area contributed by atoms with Gasteiger partial charge in [0.1, 0.15) is 0 Å². The summed E-state index contributed by atoms with van der Waals surface area (Å²) in [7, 11) is 1.45. The number of hydrogen-bond donors (Lipinski definition) is 1. The number of benzene rings is 2. The van der Waals surface area contributed by atoms with E-state index in [1.807, 2.05) is 0 Å². The van der Waals surface area contributed by atoms with Crippen LogP contribution >= 0.6 is 0 Å². The molecule has 1 saturated heterocycles. The quantitative estimate of drug-likeness (QED) is 0.684. The van der Waals surface area contributed by atoms with Gasteiger partial charge in [0.15, 0.2) is 0 Å². The van der Waals surface area contributed by atoms with Crippen LogP contribution in [-0.2, 0) is 24.1 Å². The van der Waals surface area contributed by atoms with Gasteiger partial charge in [0.05, 0.1) is 24.7 Å². The highest BCUT2D eigenvalue weighted by molar-refractivity contribution is 5.84. The van der Waals surface area contributed by atoms with Crippen molar-refractivity contribution in [1.82, 2.24) is 19.8 Å². The van der Waals surface area contributed by atoms with Crippen LogP contribution in [-0.4, -0.2) is 60.4 Å². The van der Waals surface area contributed by atoms with Crippen LogP contribution in [0.2, 0.25) is 0 Å². The predicted octanol–water partition coefficient (Wildman–Crippen LogP) is 3.37. The molecule has 0 aliphatic carbocycles. The monoisotopic (exact) mass is 433 g/mol. The normalized spacial score (nSPS) is 17.3. The van der Waals surface area contributed by atoms with E-state index in [2.05, 4.69) is 64.2 Å². The molecule has 2 aromatic carbocycles. The van der Waals surface area contributed by atoms with Crippen molar-refractivity contribution in [2.24, 2.45) is 0 Å². The Morgan fingerprint density at radius 3 is 2.66 bits per heavy atom. The number of fused-ring (bicyclic) bond motifs is 3. The highest BCUT2D eigenvalue weighted by Gasteiger charge is 2.28. The fourth-order valence-electron chi connectivity index (χ4n) is 5.04. The maximum Gasteiger partial charge on any atom is 0.409 e. The smallest absolute Gasteiger partial charge is 0.409 e. The topological polar surface area (TPSA) is 62.6 Å². The zero-order chi connectivity index (χ0) is 22.1. The van der Waals surface area contributed by atoms with Gasteiger partial charge in [-0.25, -0.2) is 9.78 Å². The molecule has 168 valence electrons. The van der Waals surface area contributed by atoms with E-state index in [0.717, 1.165) is 61.6 Å².